The first-order chi connectivity index (χ1) is 11.8. The van der Waals surface area contributed by atoms with Gasteiger partial charge in [0, 0.05) is 19.1 Å². The molecule has 1 aromatic carbocycles. The van der Waals surface area contributed by atoms with Crippen LogP contribution in [0, 0.1) is 0 Å². The zero-order chi connectivity index (χ0) is 17.0. The number of ether oxygens (including phenoxy) is 2. The van der Waals surface area contributed by atoms with E-state index in [1.54, 1.807) is 7.11 Å². The molecular weight excluding hydrogens is 304 g/mol. The van der Waals surface area contributed by atoms with Crippen molar-refractivity contribution in [3.63, 3.8) is 0 Å². The lowest BCUT2D eigenvalue weighted by atomic mass is 10.1. The highest BCUT2D eigenvalue weighted by atomic mass is 16.5. The van der Waals surface area contributed by atoms with Gasteiger partial charge in [0.25, 0.3) is 0 Å². The van der Waals surface area contributed by atoms with Crippen LogP contribution < -0.4 is 20.1 Å². The van der Waals surface area contributed by atoms with E-state index < -0.39 is 0 Å². The van der Waals surface area contributed by atoms with Crippen molar-refractivity contribution in [2.24, 2.45) is 0 Å². The Morgan fingerprint density at radius 1 is 1.04 bits per heavy atom. The highest BCUT2D eigenvalue weighted by Crippen LogP contribution is 2.17. The molecule has 1 aliphatic carbocycles. The van der Waals surface area contributed by atoms with Crippen molar-refractivity contribution >= 4 is 5.91 Å². The van der Waals surface area contributed by atoms with Gasteiger partial charge in [0.15, 0.2) is 0 Å². The molecule has 2 rings (SSSR count). The number of rotatable bonds is 9. The minimum atomic E-state index is 0.0335. The molecule has 1 fully saturated rings. The van der Waals surface area contributed by atoms with Crippen molar-refractivity contribution < 1.29 is 14.3 Å². The van der Waals surface area contributed by atoms with Gasteiger partial charge in [-0.25, -0.2) is 0 Å². The lowest BCUT2D eigenvalue weighted by Gasteiger charge is -2.16. The maximum atomic E-state index is 11.8. The van der Waals surface area contributed by atoms with Gasteiger partial charge in [-0.1, -0.05) is 25.7 Å². The van der Waals surface area contributed by atoms with Crippen molar-refractivity contribution in [1.82, 2.24) is 10.6 Å². The Kier molecular flexibility index (Phi) is 8.46. The number of nitrogens with one attached hydrogen (secondary N) is 2. The first-order valence-electron chi connectivity index (χ1n) is 9.05. The molecule has 0 radical (unpaired) electrons. The molecule has 2 N–H and O–H groups in total. The van der Waals surface area contributed by atoms with Crippen LogP contribution in [0.1, 0.15) is 44.9 Å². The van der Waals surface area contributed by atoms with Crippen LogP contribution in [0.4, 0.5) is 0 Å². The SMILES string of the molecule is COc1ccc(OCCC(=O)NCCNC2CCCCCC2)cc1. The monoisotopic (exact) mass is 334 g/mol. The Morgan fingerprint density at radius 3 is 2.38 bits per heavy atom. The van der Waals surface area contributed by atoms with Crippen molar-refractivity contribution in [1.29, 1.82) is 0 Å². The average molecular weight is 334 g/mol. The number of carbonyl (C=O) groups excluding carboxylic acids is 1. The average Bonchev–Trinajstić information content (AvgIpc) is 2.88. The molecule has 1 aromatic rings. The van der Waals surface area contributed by atoms with Crippen molar-refractivity contribution in [3.8, 4) is 11.5 Å². The van der Waals surface area contributed by atoms with E-state index >= 15 is 0 Å². The predicted molar refractivity (Wildman–Crippen MR) is 95.6 cm³/mol. The van der Waals surface area contributed by atoms with Crippen LogP contribution in [-0.4, -0.2) is 38.8 Å². The molecule has 134 valence electrons. The van der Waals surface area contributed by atoms with Crippen LogP contribution in [0.5, 0.6) is 11.5 Å². The number of amides is 1. The van der Waals surface area contributed by atoms with Gasteiger partial charge in [-0.2, -0.15) is 0 Å². The predicted octanol–water partition coefficient (Wildman–Crippen LogP) is 2.89. The third kappa shape index (κ3) is 7.21. The summed E-state index contributed by atoms with van der Waals surface area (Å²) in [4.78, 5) is 11.8. The van der Waals surface area contributed by atoms with Gasteiger partial charge in [0.2, 0.25) is 5.91 Å². The summed E-state index contributed by atoms with van der Waals surface area (Å²) in [6, 6.07) is 7.99. The fourth-order valence-corrected chi connectivity index (χ4v) is 2.98. The molecule has 0 heterocycles. The summed E-state index contributed by atoms with van der Waals surface area (Å²) in [5, 5.41) is 6.49. The molecule has 1 aliphatic rings. The fourth-order valence-electron chi connectivity index (χ4n) is 2.98. The molecule has 1 saturated carbocycles. The van der Waals surface area contributed by atoms with E-state index in [0.717, 1.165) is 18.0 Å². The Labute approximate surface area is 145 Å². The third-order valence-electron chi connectivity index (χ3n) is 4.39. The topological polar surface area (TPSA) is 59.6 Å². The van der Waals surface area contributed by atoms with E-state index in [-0.39, 0.29) is 5.91 Å². The van der Waals surface area contributed by atoms with E-state index in [2.05, 4.69) is 10.6 Å². The summed E-state index contributed by atoms with van der Waals surface area (Å²) in [6.07, 6.45) is 8.29. The number of carbonyl (C=O) groups is 1. The van der Waals surface area contributed by atoms with Crippen LogP contribution in [-0.2, 0) is 4.79 Å². The van der Waals surface area contributed by atoms with Gasteiger partial charge >= 0.3 is 0 Å². The maximum Gasteiger partial charge on any atom is 0.223 e. The van der Waals surface area contributed by atoms with Crippen LogP contribution in [0.2, 0.25) is 0 Å². The Bertz CT molecular complexity index is 468. The smallest absolute Gasteiger partial charge is 0.223 e. The molecule has 0 atom stereocenters. The third-order valence-corrected chi connectivity index (χ3v) is 4.39. The number of methoxy groups -OCH3 is 1. The Morgan fingerprint density at radius 2 is 1.71 bits per heavy atom. The Balaban J connectivity index is 1.51. The molecule has 24 heavy (non-hydrogen) atoms. The zero-order valence-corrected chi connectivity index (χ0v) is 14.7. The van der Waals surface area contributed by atoms with Gasteiger partial charge in [-0.15, -0.1) is 0 Å². The Hall–Kier alpha value is -1.75. The molecular formula is C19H30N2O3. The minimum absolute atomic E-state index is 0.0335. The van der Waals surface area contributed by atoms with Crippen molar-refractivity contribution in [3.05, 3.63) is 24.3 Å². The number of benzene rings is 1. The summed E-state index contributed by atoms with van der Waals surface area (Å²) in [7, 11) is 1.63. The maximum absolute atomic E-state index is 11.8. The van der Waals surface area contributed by atoms with Crippen LogP contribution in [0.15, 0.2) is 24.3 Å². The van der Waals surface area contributed by atoms with Gasteiger partial charge < -0.3 is 20.1 Å². The molecule has 5 heteroatoms. The van der Waals surface area contributed by atoms with Crippen LogP contribution in [0.3, 0.4) is 0 Å². The molecule has 5 nitrogen and oxygen atoms in total. The molecule has 0 bridgehead atoms. The van der Waals surface area contributed by atoms with Gasteiger partial charge in [0.05, 0.1) is 20.1 Å². The second-order valence-corrected chi connectivity index (χ2v) is 6.27. The molecule has 0 aliphatic heterocycles. The van der Waals surface area contributed by atoms with Gasteiger partial charge in [-0.05, 0) is 37.1 Å². The largest absolute Gasteiger partial charge is 0.497 e. The molecule has 0 spiro atoms. The van der Waals surface area contributed by atoms with E-state index in [1.807, 2.05) is 24.3 Å². The van der Waals surface area contributed by atoms with Gasteiger partial charge in [0.1, 0.15) is 11.5 Å². The van der Waals surface area contributed by atoms with Gasteiger partial charge in [-0.3, -0.25) is 4.79 Å². The summed E-state index contributed by atoms with van der Waals surface area (Å²) >= 11 is 0. The molecule has 0 aromatic heterocycles. The van der Waals surface area contributed by atoms with Crippen molar-refractivity contribution in [2.45, 2.75) is 51.0 Å². The number of hydrogen-bond acceptors (Lipinski definition) is 4. The summed E-state index contributed by atoms with van der Waals surface area (Å²) in [5.41, 5.74) is 0. The first kappa shape index (κ1) is 18.6. The highest BCUT2D eigenvalue weighted by molar-refractivity contribution is 5.75. The van der Waals surface area contributed by atoms with Crippen molar-refractivity contribution in [2.75, 3.05) is 26.8 Å². The highest BCUT2D eigenvalue weighted by Gasteiger charge is 2.11. The minimum Gasteiger partial charge on any atom is -0.497 e. The van der Waals surface area contributed by atoms with Crippen LogP contribution >= 0.6 is 0 Å². The van der Waals surface area contributed by atoms with Crippen LogP contribution in [0.25, 0.3) is 0 Å². The number of hydrogen-bond donors (Lipinski definition) is 2. The molecule has 0 unspecified atom stereocenters. The van der Waals surface area contributed by atoms with E-state index in [0.29, 0.717) is 25.6 Å². The summed E-state index contributed by atoms with van der Waals surface area (Å²) in [5.74, 6) is 1.58. The summed E-state index contributed by atoms with van der Waals surface area (Å²) in [6.45, 7) is 1.90. The fraction of sp³-hybridized carbons (Fsp3) is 0.632. The first-order valence-corrected chi connectivity index (χ1v) is 9.05. The molecule has 0 saturated heterocycles. The lowest BCUT2D eigenvalue weighted by Crippen LogP contribution is -2.37. The van der Waals surface area contributed by atoms with E-state index in [9.17, 15) is 4.79 Å². The second-order valence-electron chi connectivity index (χ2n) is 6.27. The molecule has 1 amide bonds. The summed E-state index contributed by atoms with van der Waals surface area (Å²) < 4.78 is 10.7. The zero-order valence-electron chi connectivity index (χ0n) is 14.7. The van der Waals surface area contributed by atoms with E-state index in [4.69, 9.17) is 9.47 Å². The quantitative estimate of drug-likeness (QED) is 0.538. The lowest BCUT2D eigenvalue weighted by molar-refractivity contribution is -0.121. The second kappa shape index (κ2) is 10.9. The standard InChI is InChI=1S/C19H30N2O3/c1-23-17-8-10-18(11-9-17)24-15-12-19(22)21-14-13-20-16-6-4-2-3-5-7-16/h8-11,16,20H,2-7,12-15H2,1H3,(H,21,22). The normalized spacial score (nSPS) is 15.5. The van der Waals surface area contributed by atoms with E-state index in [1.165, 1.54) is 38.5 Å².